The van der Waals surface area contributed by atoms with Gasteiger partial charge in [-0.15, -0.1) is 0 Å². The Morgan fingerprint density at radius 2 is 1.03 bits per heavy atom. The Bertz CT molecular complexity index is 1420. The van der Waals surface area contributed by atoms with Crippen molar-refractivity contribution in [2.24, 2.45) is 0 Å². The summed E-state index contributed by atoms with van der Waals surface area (Å²) in [6, 6.07) is 24.4. The molecule has 2 N–H and O–H groups in total. The van der Waals surface area contributed by atoms with Crippen LogP contribution in [-0.2, 0) is 0 Å². The molecule has 3 aromatic carbocycles. The monoisotopic (exact) mass is 456 g/mol. The van der Waals surface area contributed by atoms with Crippen LogP contribution in [0.15, 0.2) is 72.8 Å². The van der Waals surface area contributed by atoms with Gasteiger partial charge in [0.1, 0.15) is 0 Å². The van der Waals surface area contributed by atoms with Crippen LogP contribution in [0, 0.1) is 23.4 Å². The predicted molar refractivity (Wildman–Crippen MR) is 131 cm³/mol. The minimum Gasteiger partial charge on any atom is -0.268 e. The Hall–Kier alpha value is -3.62. The molecule has 8 heteroatoms. The molecule has 0 amide bonds. The summed E-state index contributed by atoms with van der Waals surface area (Å²) in [7, 11) is 0. The highest BCUT2D eigenvalue weighted by atomic mass is 32.1. The molecular weight excluding hydrogens is 436 g/mol. The van der Waals surface area contributed by atoms with Crippen molar-refractivity contribution < 1.29 is 0 Å². The minimum atomic E-state index is 0.551. The second-order valence-electron chi connectivity index (χ2n) is 7.63. The van der Waals surface area contributed by atoms with E-state index in [4.69, 9.17) is 24.4 Å². The first-order valence-corrected chi connectivity index (χ1v) is 10.9. The van der Waals surface area contributed by atoms with Crippen molar-refractivity contribution in [2.45, 2.75) is 13.8 Å². The smallest absolute Gasteiger partial charge is 0.200 e. The molecule has 0 radical (unpaired) electrons. The Kier molecular flexibility index (Phi) is 5.16. The lowest BCUT2D eigenvalue weighted by Gasteiger charge is -2.10. The van der Waals surface area contributed by atoms with E-state index < -0.39 is 0 Å². The average Bonchev–Trinajstić information content (AvgIpc) is 3.36. The molecule has 158 valence electrons. The molecule has 0 bridgehead atoms. The number of hydrogen-bond acceptors (Lipinski definition) is 4. The lowest BCUT2D eigenvalue weighted by molar-refractivity contribution is 1.03. The van der Waals surface area contributed by atoms with E-state index >= 15 is 0 Å². The van der Waals surface area contributed by atoms with Crippen molar-refractivity contribution in [3.8, 4) is 34.2 Å². The van der Waals surface area contributed by atoms with Crippen molar-refractivity contribution >= 4 is 24.4 Å². The third-order valence-electron chi connectivity index (χ3n) is 5.27. The van der Waals surface area contributed by atoms with Crippen LogP contribution in [0.4, 0.5) is 0 Å². The van der Waals surface area contributed by atoms with Crippen LogP contribution in [0.2, 0.25) is 0 Å². The van der Waals surface area contributed by atoms with Gasteiger partial charge in [0.25, 0.3) is 0 Å². The molecule has 0 saturated heterocycles. The zero-order valence-electron chi connectivity index (χ0n) is 17.5. The largest absolute Gasteiger partial charge is 0.268 e. The van der Waals surface area contributed by atoms with Crippen molar-refractivity contribution in [3.05, 3.63) is 93.5 Å². The van der Waals surface area contributed by atoms with Crippen LogP contribution in [0.1, 0.15) is 11.1 Å². The molecule has 0 atom stereocenters. The predicted octanol–water partition coefficient (Wildman–Crippen LogP) is 6.12. The van der Waals surface area contributed by atoms with Crippen LogP contribution >= 0.6 is 24.4 Å². The third kappa shape index (κ3) is 3.63. The summed E-state index contributed by atoms with van der Waals surface area (Å²) in [5, 5.41) is 14.8. The van der Waals surface area contributed by atoms with Crippen molar-refractivity contribution in [1.29, 1.82) is 0 Å². The maximum atomic E-state index is 5.50. The summed E-state index contributed by atoms with van der Waals surface area (Å²) < 4.78 is 4.99. The van der Waals surface area contributed by atoms with Gasteiger partial charge in [0.2, 0.25) is 0 Å². The number of nitrogens with one attached hydrogen (secondary N) is 2. The molecule has 32 heavy (non-hydrogen) atoms. The Morgan fingerprint density at radius 3 is 1.41 bits per heavy atom. The van der Waals surface area contributed by atoms with E-state index in [1.807, 2.05) is 57.7 Å². The molecule has 6 nitrogen and oxygen atoms in total. The standard InChI is InChI=1S/C24H20N6S2/c1-15-5-3-7-19(13-15)29-21(25-27-23(29)31)17-9-11-18(12-10-17)22-26-28-24(32)30(22)20-8-4-6-16(2)14-20/h3-14H,1-2H3,(H,27,31)(H,28,32). The number of rotatable bonds is 4. The Balaban J connectivity index is 1.57. The van der Waals surface area contributed by atoms with Gasteiger partial charge >= 0.3 is 0 Å². The van der Waals surface area contributed by atoms with E-state index in [0.717, 1.165) is 45.3 Å². The van der Waals surface area contributed by atoms with E-state index in [1.54, 1.807) is 0 Å². The molecule has 0 aliphatic heterocycles. The van der Waals surface area contributed by atoms with Crippen LogP contribution in [0.3, 0.4) is 0 Å². The number of nitrogens with zero attached hydrogens (tertiary/aromatic N) is 4. The van der Waals surface area contributed by atoms with Crippen molar-refractivity contribution in [3.63, 3.8) is 0 Å². The second kappa shape index (κ2) is 8.14. The summed E-state index contributed by atoms with van der Waals surface area (Å²) in [6.45, 7) is 4.12. The fraction of sp³-hybridized carbons (Fsp3) is 0.0833. The first kappa shape index (κ1) is 20.3. The van der Waals surface area contributed by atoms with E-state index in [1.165, 1.54) is 0 Å². The molecule has 2 heterocycles. The quantitative estimate of drug-likeness (QED) is 0.320. The van der Waals surface area contributed by atoms with Crippen LogP contribution in [-0.4, -0.2) is 29.5 Å². The van der Waals surface area contributed by atoms with Gasteiger partial charge in [-0.05, 0) is 73.7 Å². The number of hydrogen-bond donors (Lipinski definition) is 2. The van der Waals surface area contributed by atoms with E-state index in [0.29, 0.717) is 9.54 Å². The molecule has 2 aromatic heterocycles. The molecular formula is C24H20N6S2. The summed E-state index contributed by atoms with van der Waals surface area (Å²) in [6.07, 6.45) is 0. The minimum absolute atomic E-state index is 0.551. The second-order valence-corrected chi connectivity index (χ2v) is 8.40. The number of H-pyrrole nitrogens is 2. The summed E-state index contributed by atoms with van der Waals surface area (Å²) in [4.78, 5) is 0. The van der Waals surface area contributed by atoms with Gasteiger partial charge in [0.15, 0.2) is 21.2 Å². The molecule has 0 unspecified atom stereocenters. The lowest BCUT2D eigenvalue weighted by atomic mass is 10.1. The van der Waals surface area contributed by atoms with E-state index in [-0.39, 0.29) is 0 Å². The highest BCUT2D eigenvalue weighted by Crippen LogP contribution is 2.27. The van der Waals surface area contributed by atoms with Crippen LogP contribution in [0.5, 0.6) is 0 Å². The van der Waals surface area contributed by atoms with Gasteiger partial charge in [-0.2, -0.15) is 10.2 Å². The fourth-order valence-corrected chi connectivity index (χ4v) is 4.24. The maximum absolute atomic E-state index is 5.50. The van der Waals surface area contributed by atoms with Crippen LogP contribution in [0.25, 0.3) is 34.2 Å². The van der Waals surface area contributed by atoms with E-state index in [2.05, 4.69) is 58.5 Å². The van der Waals surface area contributed by atoms with Gasteiger partial charge in [-0.1, -0.05) is 48.5 Å². The normalized spacial score (nSPS) is 11.1. The third-order valence-corrected chi connectivity index (χ3v) is 5.81. The fourth-order valence-electron chi connectivity index (χ4n) is 3.76. The molecule has 0 saturated carbocycles. The van der Waals surface area contributed by atoms with Crippen LogP contribution < -0.4 is 0 Å². The molecule has 5 rings (SSSR count). The number of aromatic amines is 2. The van der Waals surface area contributed by atoms with Crippen molar-refractivity contribution in [1.82, 2.24) is 29.5 Å². The first-order valence-electron chi connectivity index (χ1n) is 10.1. The van der Waals surface area contributed by atoms with Gasteiger partial charge in [-0.3, -0.25) is 19.3 Å². The Morgan fingerprint density at radius 1 is 0.625 bits per heavy atom. The molecule has 0 spiro atoms. The van der Waals surface area contributed by atoms with Crippen molar-refractivity contribution in [2.75, 3.05) is 0 Å². The van der Waals surface area contributed by atoms with Gasteiger partial charge in [0, 0.05) is 11.1 Å². The van der Waals surface area contributed by atoms with E-state index in [9.17, 15) is 0 Å². The summed E-state index contributed by atoms with van der Waals surface area (Å²) in [5.74, 6) is 1.51. The topological polar surface area (TPSA) is 67.2 Å². The molecule has 0 aliphatic carbocycles. The SMILES string of the molecule is Cc1cccc(-n2c(-c3ccc(-c4n[nH]c(=S)n4-c4cccc(C)c4)cc3)n[nH]c2=S)c1. The van der Waals surface area contributed by atoms with Gasteiger partial charge in [0.05, 0.1) is 11.4 Å². The highest BCUT2D eigenvalue weighted by molar-refractivity contribution is 7.71. The highest BCUT2D eigenvalue weighted by Gasteiger charge is 2.14. The number of aryl methyl sites for hydroxylation is 2. The molecule has 0 fully saturated rings. The zero-order valence-corrected chi connectivity index (χ0v) is 19.2. The molecule has 5 aromatic rings. The number of benzene rings is 3. The first-order chi connectivity index (χ1) is 15.5. The van der Waals surface area contributed by atoms with Gasteiger partial charge in [-0.25, -0.2) is 0 Å². The van der Waals surface area contributed by atoms with Gasteiger partial charge < -0.3 is 0 Å². The maximum Gasteiger partial charge on any atom is 0.200 e. The molecule has 0 aliphatic rings. The zero-order chi connectivity index (χ0) is 22.2. The average molecular weight is 457 g/mol. The number of aromatic nitrogens is 6. The summed E-state index contributed by atoms with van der Waals surface area (Å²) in [5.41, 5.74) is 6.15. The summed E-state index contributed by atoms with van der Waals surface area (Å²) >= 11 is 11.0. The lowest BCUT2D eigenvalue weighted by Crippen LogP contribution is -1.99. The Labute approximate surface area is 195 Å².